The first-order valence-corrected chi connectivity index (χ1v) is 13.0. The fourth-order valence-electron chi connectivity index (χ4n) is 4.08. The number of carbonyl (C=O) groups excluding carboxylic acids is 1. The highest BCUT2D eigenvalue weighted by Gasteiger charge is 2.26. The van der Waals surface area contributed by atoms with Crippen molar-refractivity contribution in [2.45, 2.75) is 61.9 Å². The Balaban J connectivity index is 1.49. The van der Waals surface area contributed by atoms with Crippen molar-refractivity contribution in [3.05, 3.63) is 46.7 Å². The third kappa shape index (κ3) is 5.53. The second-order valence-corrected chi connectivity index (χ2v) is 10.4. The highest BCUT2D eigenvalue weighted by Crippen LogP contribution is 2.36. The Hall–Kier alpha value is -2.32. The summed E-state index contributed by atoms with van der Waals surface area (Å²) in [7, 11) is 1.67. The van der Waals surface area contributed by atoms with Gasteiger partial charge in [-0.25, -0.2) is 0 Å². The third-order valence-electron chi connectivity index (χ3n) is 5.85. The van der Waals surface area contributed by atoms with Gasteiger partial charge in [0, 0.05) is 23.0 Å². The molecule has 3 aromatic rings. The lowest BCUT2D eigenvalue weighted by Crippen LogP contribution is -2.32. The van der Waals surface area contributed by atoms with Crippen molar-refractivity contribution in [2.24, 2.45) is 0 Å². The van der Waals surface area contributed by atoms with Gasteiger partial charge in [0.15, 0.2) is 11.0 Å². The molecule has 1 atom stereocenters. The van der Waals surface area contributed by atoms with Gasteiger partial charge in [-0.2, -0.15) is 0 Å². The number of aromatic nitrogens is 3. The molecule has 1 N–H and O–H groups in total. The van der Waals surface area contributed by atoms with Gasteiger partial charge in [0.05, 0.1) is 12.4 Å². The maximum atomic E-state index is 12.7. The van der Waals surface area contributed by atoms with E-state index in [-0.39, 0.29) is 11.2 Å². The average Bonchev–Trinajstić information content (AvgIpc) is 3.50. The predicted octanol–water partition coefficient (Wildman–Crippen LogP) is 5.36. The van der Waals surface area contributed by atoms with Crippen LogP contribution in [0.2, 0.25) is 0 Å². The molecule has 32 heavy (non-hydrogen) atoms. The van der Waals surface area contributed by atoms with Crippen molar-refractivity contribution in [2.75, 3.05) is 13.7 Å². The van der Waals surface area contributed by atoms with Crippen LogP contribution in [0.3, 0.4) is 0 Å². The van der Waals surface area contributed by atoms with E-state index in [0.717, 1.165) is 41.6 Å². The summed E-state index contributed by atoms with van der Waals surface area (Å²) in [6, 6.07) is 12.5. The summed E-state index contributed by atoms with van der Waals surface area (Å²) in [6.07, 6.45) is 6.82. The van der Waals surface area contributed by atoms with E-state index >= 15 is 0 Å². The van der Waals surface area contributed by atoms with Crippen molar-refractivity contribution in [3.63, 3.8) is 0 Å². The maximum Gasteiger partial charge on any atom is 0.233 e. The summed E-state index contributed by atoms with van der Waals surface area (Å²) in [5.41, 5.74) is 1.02. The van der Waals surface area contributed by atoms with Gasteiger partial charge in [0.2, 0.25) is 5.91 Å². The lowest BCUT2D eigenvalue weighted by molar-refractivity contribution is -0.120. The Kier molecular flexibility index (Phi) is 7.86. The van der Waals surface area contributed by atoms with Gasteiger partial charge in [-0.15, -0.1) is 21.5 Å². The van der Waals surface area contributed by atoms with Crippen LogP contribution in [0.15, 0.2) is 46.9 Å². The highest BCUT2D eigenvalue weighted by molar-refractivity contribution is 8.00. The van der Waals surface area contributed by atoms with E-state index in [1.54, 1.807) is 18.4 Å². The molecule has 8 heteroatoms. The smallest absolute Gasteiger partial charge is 0.233 e. The highest BCUT2D eigenvalue weighted by atomic mass is 32.2. The maximum absolute atomic E-state index is 12.7. The van der Waals surface area contributed by atoms with E-state index in [1.165, 1.54) is 35.9 Å². The van der Waals surface area contributed by atoms with Crippen molar-refractivity contribution in [3.8, 4) is 17.1 Å². The van der Waals surface area contributed by atoms with Gasteiger partial charge < -0.3 is 10.1 Å². The molecule has 1 aliphatic rings. The number of ether oxygens (including phenoxy) is 1. The Morgan fingerprint density at radius 1 is 1.22 bits per heavy atom. The van der Waals surface area contributed by atoms with Crippen LogP contribution in [0.1, 0.15) is 49.9 Å². The molecule has 0 saturated heterocycles. The first-order chi connectivity index (χ1) is 15.7. The molecule has 2 heterocycles. The molecule has 1 saturated carbocycles. The van der Waals surface area contributed by atoms with Crippen LogP contribution in [-0.4, -0.2) is 39.6 Å². The Labute approximate surface area is 197 Å². The van der Waals surface area contributed by atoms with Gasteiger partial charge in [-0.05, 0) is 61.9 Å². The molecule has 1 amide bonds. The molecule has 4 rings (SSSR count). The molecular weight excluding hydrogens is 440 g/mol. The molecular formula is C24H30N4O2S2. The second kappa shape index (κ2) is 11.0. The van der Waals surface area contributed by atoms with Gasteiger partial charge in [0.25, 0.3) is 0 Å². The average molecular weight is 471 g/mol. The monoisotopic (exact) mass is 470 g/mol. The molecule has 2 aromatic heterocycles. The van der Waals surface area contributed by atoms with E-state index in [4.69, 9.17) is 4.74 Å². The molecule has 0 bridgehead atoms. The zero-order chi connectivity index (χ0) is 22.3. The molecule has 1 aromatic carbocycles. The number of hydrogen-bond donors (Lipinski definition) is 1. The minimum Gasteiger partial charge on any atom is -0.497 e. The molecule has 1 aliphatic carbocycles. The Morgan fingerprint density at radius 2 is 2.00 bits per heavy atom. The van der Waals surface area contributed by atoms with Gasteiger partial charge in [0.1, 0.15) is 5.75 Å². The van der Waals surface area contributed by atoms with Crippen LogP contribution in [-0.2, 0) is 11.2 Å². The number of rotatable bonds is 9. The Morgan fingerprint density at radius 3 is 2.69 bits per heavy atom. The summed E-state index contributed by atoms with van der Waals surface area (Å²) in [5.74, 6) is 1.73. The number of benzene rings is 1. The molecule has 0 spiro atoms. The summed E-state index contributed by atoms with van der Waals surface area (Å²) < 4.78 is 7.57. The summed E-state index contributed by atoms with van der Waals surface area (Å²) in [6.45, 7) is 2.59. The van der Waals surface area contributed by atoms with E-state index in [9.17, 15) is 4.79 Å². The molecule has 1 unspecified atom stereocenters. The van der Waals surface area contributed by atoms with Crippen LogP contribution in [0.5, 0.6) is 5.75 Å². The predicted molar refractivity (Wildman–Crippen MR) is 130 cm³/mol. The van der Waals surface area contributed by atoms with Crippen LogP contribution in [0.25, 0.3) is 11.4 Å². The van der Waals surface area contributed by atoms with Crippen molar-refractivity contribution >= 4 is 29.0 Å². The first-order valence-electron chi connectivity index (χ1n) is 11.2. The van der Waals surface area contributed by atoms with Crippen LogP contribution >= 0.6 is 23.1 Å². The molecule has 0 radical (unpaired) electrons. The number of thiophene rings is 1. The van der Waals surface area contributed by atoms with Crippen LogP contribution < -0.4 is 10.1 Å². The van der Waals surface area contributed by atoms with E-state index in [0.29, 0.717) is 12.6 Å². The molecule has 1 fully saturated rings. The number of thioether (sulfide) groups is 1. The van der Waals surface area contributed by atoms with Crippen molar-refractivity contribution < 1.29 is 9.53 Å². The first kappa shape index (κ1) is 22.9. The topological polar surface area (TPSA) is 69.0 Å². The normalized spacial score (nSPS) is 15.4. The fourth-order valence-corrected chi connectivity index (χ4v) is 5.73. The zero-order valence-corrected chi connectivity index (χ0v) is 20.3. The van der Waals surface area contributed by atoms with Crippen LogP contribution in [0, 0.1) is 0 Å². The minimum atomic E-state index is -0.242. The third-order valence-corrected chi connectivity index (χ3v) is 7.85. The number of hydrogen-bond acceptors (Lipinski definition) is 6. The molecule has 170 valence electrons. The van der Waals surface area contributed by atoms with Gasteiger partial charge in [-0.3, -0.25) is 9.36 Å². The minimum absolute atomic E-state index is 0.0377. The molecule has 6 nitrogen and oxygen atoms in total. The quantitative estimate of drug-likeness (QED) is 0.426. The number of methoxy groups -OCH3 is 1. The SMILES string of the molecule is COc1ccc(-c2nnc(SC(C)C(=O)NCCc3cccs3)n2C2CCCCC2)cc1. The van der Waals surface area contributed by atoms with E-state index < -0.39 is 0 Å². The lowest BCUT2D eigenvalue weighted by Gasteiger charge is -2.26. The standard InChI is InChI=1S/C24H30N4O2S2/c1-17(23(29)25-15-14-21-9-6-16-31-21)32-24-27-26-22(18-10-12-20(30-2)13-11-18)28(24)19-7-4-3-5-8-19/h6,9-13,16-17,19H,3-5,7-8,14-15H2,1-2H3,(H,25,29). The van der Waals surface area contributed by atoms with Crippen LogP contribution in [0.4, 0.5) is 0 Å². The lowest BCUT2D eigenvalue weighted by atomic mass is 9.95. The number of nitrogens with zero attached hydrogens (tertiary/aromatic N) is 3. The number of carbonyl (C=O) groups is 1. The summed E-state index contributed by atoms with van der Waals surface area (Å²) in [4.78, 5) is 14.0. The number of amides is 1. The zero-order valence-electron chi connectivity index (χ0n) is 18.6. The van der Waals surface area contributed by atoms with Gasteiger partial charge in [-0.1, -0.05) is 37.1 Å². The fraction of sp³-hybridized carbons (Fsp3) is 0.458. The van der Waals surface area contributed by atoms with E-state index in [1.807, 2.05) is 37.3 Å². The molecule has 0 aliphatic heterocycles. The second-order valence-electron chi connectivity index (χ2n) is 8.08. The van der Waals surface area contributed by atoms with Crippen molar-refractivity contribution in [1.82, 2.24) is 20.1 Å². The van der Waals surface area contributed by atoms with E-state index in [2.05, 4.69) is 31.5 Å². The summed E-state index contributed by atoms with van der Waals surface area (Å²) in [5, 5.41) is 14.8. The Bertz CT molecular complexity index is 996. The van der Waals surface area contributed by atoms with Gasteiger partial charge >= 0.3 is 0 Å². The number of nitrogens with one attached hydrogen (secondary N) is 1. The largest absolute Gasteiger partial charge is 0.497 e. The summed E-state index contributed by atoms with van der Waals surface area (Å²) >= 11 is 3.22. The van der Waals surface area contributed by atoms with Crippen molar-refractivity contribution in [1.29, 1.82) is 0 Å².